The zero-order valence-electron chi connectivity index (χ0n) is 10.0. The molecule has 0 spiro atoms. The summed E-state index contributed by atoms with van der Waals surface area (Å²) in [5.41, 5.74) is 0.633. The van der Waals surface area contributed by atoms with Gasteiger partial charge in [0.2, 0.25) is 0 Å². The van der Waals surface area contributed by atoms with Crippen molar-refractivity contribution in [3.8, 4) is 0 Å². The van der Waals surface area contributed by atoms with Crippen LogP contribution in [-0.4, -0.2) is 36.6 Å². The van der Waals surface area contributed by atoms with E-state index < -0.39 is 0 Å². The quantitative estimate of drug-likeness (QED) is 0.723. The first-order chi connectivity index (χ1) is 6.49. The Labute approximate surface area is 88.1 Å². The predicted octanol–water partition coefficient (Wildman–Crippen LogP) is 1.71. The molecule has 1 aliphatic heterocycles. The molecule has 0 amide bonds. The van der Waals surface area contributed by atoms with E-state index in [2.05, 4.69) is 37.9 Å². The van der Waals surface area contributed by atoms with Crippen LogP contribution in [-0.2, 0) is 0 Å². The largest absolute Gasteiger partial charge is 0.311 e. The lowest BCUT2D eigenvalue weighted by Crippen LogP contribution is -2.54. The van der Waals surface area contributed by atoms with Crippen molar-refractivity contribution >= 4 is 0 Å². The topological polar surface area (TPSA) is 15.3 Å². The second kappa shape index (κ2) is 3.49. The highest BCUT2D eigenvalue weighted by Crippen LogP contribution is 2.52. The number of hydrogen-bond acceptors (Lipinski definition) is 2. The van der Waals surface area contributed by atoms with Crippen LogP contribution in [0.2, 0.25) is 0 Å². The van der Waals surface area contributed by atoms with Crippen molar-refractivity contribution in [3.63, 3.8) is 0 Å². The van der Waals surface area contributed by atoms with Crippen LogP contribution in [0.15, 0.2) is 0 Å². The molecule has 1 N–H and O–H groups in total. The van der Waals surface area contributed by atoms with E-state index in [9.17, 15) is 0 Å². The third-order valence-corrected chi connectivity index (χ3v) is 4.07. The normalized spacial score (nSPS) is 42.4. The van der Waals surface area contributed by atoms with Gasteiger partial charge >= 0.3 is 0 Å². The Morgan fingerprint density at radius 3 is 2.57 bits per heavy atom. The lowest BCUT2D eigenvalue weighted by molar-refractivity contribution is 0.135. The lowest BCUT2D eigenvalue weighted by atomic mass is 10.1. The Kier molecular flexibility index (Phi) is 2.61. The molecule has 2 aliphatic rings. The van der Waals surface area contributed by atoms with Crippen molar-refractivity contribution < 1.29 is 0 Å². The minimum atomic E-state index is 0.633. The van der Waals surface area contributed by atoms with Crippen molar-refractivity contribution in [2.24, 2.45) is 11.3 Å². The van der Waals surface area contributed by atoms with Crippen molar-refractivity contribution in [1.29, 1.82) is 0 Å². The molecular formula is C12H24N2. The van der Waals surface area contributed by atoms with Gasteiger partial charge < -0.3 is 5.32 Å². The maximum absolute atomic E-state index is 3.53. The van der Waals surface area contributed by atoms with Crippen LogP contribution in [0.5, 0.6) is 0 Å². The molecule has 82 valence electrons. The molecule has 3 unspecified atom stereocenters. The highest BCUT2D eigenvalue weighted by atomic mass is 15.2. The summed E-state index contributed by atoms with van der Waals surface area (Å²) in [7, 11) is 0. The van der Waals surface area contributed by atoms with Crippen molar-refractivity contribution in [2.75, 3.05) is 19.6 Å². The number of piperazine rings is 1. The van der Waals surface area contributed by atoms with Gasteiger partial charge in [0.1, 0.15) is 0 Å². The van der Waals surface area contributed by atoms with E-state index in [-0.39, 0.29) is 0 Å². The highest BCUT2D eigenvalue weighted by molar-refractivity contribution is 4.98. The maximum Gasteiger partial charge on any atom is 0.0193 e. The van der Waals surface area contributed by atoms with Gasteiger partial charge in [0, 0.05) is 31.7 Å². The third-order valence-electron chi connectivity index (χ3n) is 4.07. The number of hydrogen-bond donors (Lipinski definition) is 1. The second-order valence-corrected chi connectivity index (χ2v) is 6.00. The summed E-state index contributed by atoms with van der Waals surface area (Å²) in [4.78, 5) is 2.67. The second-order valence-electron chi connectivity index (χ2n) is 6.00. The Hall–Kier alpha value is -0.0800. The first-order valence-corrected chi connectivity index (χ1v) is 5.96. The average Bonchev–Trinajstić information content (AvgIpc) is 2.67. The van der Waals surface area contributed by atoms with Crippen LogP contribution in [0, 0.1) is 11.3 Å². The molecule has 0 bridgehead atoms. The maximum atomic E-state index is 3.53. The van der Waals surface area contributed by atoms with E-state index in [0.717, 1.165) is 18.5 Å². The van der Waals surface area contributed by atoms with Crippen LogP contribution in [0.25, 0.3) is 0 Å². The van der Waals surface area contributed by atoms with E-state index in [4.69, 9.17) is 0 Å². The third kappa shape index (κ3) is 2.12. The van der Waals surface area contributed by atoms with E-state index in [1.165, 1.54) is 19.5 Å². The van der Waals surface area contributed by atoms with E-state index >= 15 is 0 Å². The summed E-state index contributed by atoms with van der Waals surface area (Å²) < 4.78 is 0. The SMILES string of the molecule is CC1CN(CC2CC2(C)C)C(C)CN1. The summed E-state index contributed by atoms with van der Waals surface area (Å²) in [5.74, 6) is 0.954. The molecule has 0 aromatic carbocycles. The fraction of sp³-hybridized carbons (Fsp3) is 1.00. The van der Waals surface area contributed by atoms with Gasteiger partial charge in [-0.2, -0.15) is 0 Å². The Bertz CT molecular complexity index is 212. The fourth-order valence-corrected chi connectivity index (χ4v) is 2.52. The first-order valence-electron chi connectivity index (χ1n) is 5.96. The van der Waals surface area contributed by atoms with E-state index in [1.54, 1.807) is 0 Å². The Morgan fingerprint density at radius 2 is 2.00 bits per heavy atom. The van der Waals surface area contributed by atoms with Crippen LogP contribution in [0.3, 0.4) is 0 Å². The van der Waals surface area contributed by atoms with Gasteiger partial charge in [0.05, 0.1) is 0 Å². The summed E-state index contributed by atoms with van der Waals surface area (Å²) in [6.07, 6.45) is 1.43. The molecule has 1 saturated heterocycles. The Morgan fingerprint density at radius 1 is 1.36 bits per heavy atom. The standard InChI is InChI=1S/C12H24N2/c1-9-7-14(10(2)6-13-9)8-11-5-12(11,3)4/h9-11,13H,5-8H2,1-4H3. The van der Waals surface area contributed by atoms with Crippen LogP contribution >= 0.6 is 0 Å². The summed E-state index contributed by atoms with van der Waals surface area (Å²) >= 11 is 0. The smallest absolute Gasteiger partial charge is 0.0193 e. The first kappa shape index (κ1) is 10.4. The van der Waals surface area contributed by atoms with Crippen molar-refractivity contribution in [1.82, 2.24) is 10.2 Å². The fourth-order valence-electron chi connectivity index (χ4n) is 2.52. The summed E-state index contributed by atoms with van der Waals surface area (Å²) in [6, 6.07) is 1.40. The van der Waals surface area contributed by atoms with Gasteiger partial charge in [-0.15, -0.1) is 0 Å². The number of nitrogens with one attached hydrogen (secondary N) is 1. The molecule has 2 heteroatoms. The Balaban J connectivity index is 1.84. The molecule has 0 aromatic heterocycles. The van der Waals surface area contributed by atoms with Crippen LogP contribution in [0.4, 0.5) is 0 Å². The molecule has 1 aliphatic carbocycles. The number of rotatable bonds is 2. The van der Waals surface area contributed by atoms with Gasteiger partial charge in [0.15, 0.2) is 0 Å². The van der Waals surface area contributed by atoms with Gasteiger partial charge in [-0.05, 0) is 31.6 Å². The lowest BCUT2D eigenvalue weighted by Gasteiger charge is -2.37. The van der Waals surface area contributed by atoms with E-state index in [0.29, 0.717) is 11.5 Å². The summed E-state index contributed by atoms with van der Waals surface area (Å²) in [5, 5.41) is 3.53. The molecule has 2 nitrogen and oxygen atoms in total. The molecular weight excluding hydrogens is 172 g/mol. The monoisotopic (exact) mass is 196 g/mol. The van der Waals surface area contributed by atoms with Gasteiger partial charge in [-0.25, -0.2) is 0 Å². The van der Waals surface area contributed by atoms with Gasteiger partial charge in [-0.3, -0.25) is 4.90 Å². The van der Waals surface area contributed by atoms with Gasteiger partial charge in [-0.1, -0.05) is 13.8 Å². The molecule has 1 heterocycles. The minimum Gasteiger partial charge on any atom is -0.311 e. The predicted molar refractivity (Wildman–Crippen MR) is 60.4 cm³/mol. The van der Waals surface area contributed by atoms with Gasteiger partial charge in [0.25, 0.3) is 0 Å². The molecule has 0 aromatic rings. The van der Waals surface area contributed by atoms with Crippen molar-refractivity contribution in [3.05, 3.63) is 0 Å². The minimum absolute atomic E-state index is 0.633. The zero-order valence-corrected chi connectivity index (χ0v) is 10.0. The van der Waals surface area contributed by atoms with Crippen LogP contribution < -0.4 is 5.32 Å². The molecule has 2 fully saturated rings. The van der Waals surface area contributed by atoms with Crippen molar-refractivity contribution in [2.45, 2.75) is 46.2 Å². The van der Waals surface area contributed by atoms with Crippen LogP contribution in [0.1, 0.15) is 34.1 Å². The highest BCUT2D eigenvalue weighted by Gasteiger charge is 2.46. The number of nitrogens with zero attached hydrogens (tertiary/aromatic N) is 1. The molecule has 3 atom stereocenters. The molecule has 1 saturated carbocycles. The zero-order chi connectivity index (χ0) is 10.3. The average molecular weight is 196 g/mol. The summed E-state index contributed by atoms with van der Waals surface area (Å²) in [6.45, 7) is 13.1. The molecule has 2 rings (SSSR count). The van der Waals surface area contributed by atoms with E-state index in [1.807, 2.05) is 0 Å². The molecule has 0 radical (unpaired) electrons. The molecule has 14 heavy (non-hydrogen) atoms.